The summed E-state index contributed by atoms with van der Waals surface area (Å²) in [6, 6.07) is 8.75. The van der Waals surface area contributed by atoms with Gasteiger partial charge in [0.1, 0.15) is 11.0 Å². The van der Waals surface area contributed by atoms with E-state index in [2.05, 4.69) is 21.0 Å². The second kappa shape index (κ2) is 7.27. The molecule has 3 rings (SSSR count). The van der Waals surface area contributed by atoms with E-state index >= 15 is 0 Å². The van der Waals surface area contributed by atoms with Crippen molar-refractivity contribution >= 4 is 29.1 Å². The average molecular weight is 363 g/mol. The number of hydrazine groups is 1. The number of hydrogen-bond acceptors (Lipinski definition) is 5. The van der Waals surface area contributed by atoms with Crippen molar-refractivity contribution in [2.75, 3.05) is 0 Å². The van der Waals surface area contributed by atoms with Gasteiger partial charge in [0.25, 0.3) is 11.8 Å². The van der Waals surface area contributed by atoms with E-state index in [1.807, 2.05) is 0 Å². The number of carbonyl (C=O) groups is 2. The number of halogens is 2. The summed E-state index contributed by atoms with van der Waals surface area (Å²) in [4.78, 5) is 32.7. The van der Waals surface area contributed by atoms with E-state index in [4.69, 9.17) is 16.4 Å². The third kappa shape index (κ3) is 4.10. The third-order valence-electron chi connectivity index (χ3n) is 3.41. The number of benzene rings is 1. The van der Waals surface area contributed by atoms with Crippen molar-refractivity contribution < 1.29 is 18.8 Å². The van der Waals surface area contributed by atoms with Crippen LogP contribution in [0.1, 0.15) is 22.3 Å². The van der Waals surface area contributed by atoms with Crippen LogP contribution in [0.5, 0.6) is 0 Å². The average Bonchev–Trinajstić information content (AvgIpc) is 3.10. The highest BCUT2D eigenvalue weighted by molar-refractivity contribution is 6.29. The fourth-order valence-electron chi connectivity index (χ4n) is 2.14. The number of nitrogens with zero attached hydrogens (tertiary/aromatic N) is 2. The van der Waals surface area contributed by atoms with Gasteiger partial charge in [-0.3, -0.25) is 20.4 Å². The van der Waals surface area contributed by atoms with Gasteiger partial charge in [0.2, 0.25) is 6.10 Å². The molecular formula is C16H12ClFN4O3. The molecule has 9 heteroatoms. The summed E-state index contributed by atoms with van der Waals surface area (Å²) in [6.45, 7) is 0. The maximum Gasteiger partial charge on any atom is 0.282 e. The molecule has 1 aromatic heterocycles. The maximum atomic E-state index is 13.2. The van der Waals surface area contributed by atoms with Gasteiger partial charge < -0.3 is 4.84 Å². The summed E-state index contributed by atoms with van der Waals surface area (Å²) in [7, 11) is 0. The topological polar surface area (TPSA) is 92.7 Å². The third-order valence-corrected chi connectivity index (χ3v) is 3.63. The van der Waals surface area contributed by atoms with Gasteiger partial charge in [-0.15, -0.1) is 0 Å². The summed E-state index contributed by atoms with van der Waals surface area (Å²) >= 11 is 5.64. The molecule has 1 atom stereocenters. The predicted molar refractivity (Wildman–Crippen MR) is 87.3 cm³/mol. The van der Waals surface area contributed by atoms with Gasteiger partial charge in [-0.05, 0) is 24.3 Å². The second-order valence-electron chi connectivity index (χ2n) is 5.16. The zero-order valence-corrected chi connectivity index (χ0v) is 13.5. The van der Waals surface area contributed by atoms with Crippen molar-refractivity contribution in [3.8, 4) is 0 Å². The van der Waals surface area contributed by atoms with Crippen molar-refractivity contribution in [2.24, 2.45) is 5.16 Å². The molecule has 1 aliphatic rings. The molecule has 128 valence electrons. The normalized spacial score (nSPS) is 15.9. The Labute approximate surface area is 146 Å². The first-order valence-electron chi connectivity index (χ1n) is 7.23. The second-order valence-corrected chi connectivity index (χ2v) is 5.55. The highest BCUT2D eigenvalue weighted by Gasteiger charge is 2.29. The van der Waals surface area contributed by atoms with Crippen LogP contribution in [0.4, 0.5) is 4.39 Å². The minimum absolute atomic E-state index is 0.160. The summed E-state index contributed by atoms with van der Waals surface area (Å²) < 4.78 is 13.2. The fraction of sp³-hybridized carbons (Fsp3) is 0.125. The molecule has 7 nitrogen and oxygen atoms in total. The molecule has 0 saturated heterocycles. The van der Waals surface area contributed by atoms with Crippen LogP contribution in [-0.2, 0) is 9.63 Å². The number of aromatic nitrogens is 1. The van der Waals surface area contributed by atoms with E-state index in [1.54, 1.807) is 12.1 Å². The van der Waals surface area contributed by atoms with Gasteiger partial charge in [0.15, 0.2) is 0 Å². The molecule has 2 N–H and O–H groups in total. The van der Waals surface area contributed by atoms with Crippen molar-refractivity contribution in [1.29, 1.82) is 0 Å². The number of hydrogen-bond donors (Lipinski definition) is 2. The van der Waals surface area contributed by atoms with Crippen LogP contribution in [0.3, 0.4) is 0 Å². The number of pyridine rings is 1. The van der Waals surface area contributed by atoms with Crippen LogP contribution in [0.25, 0.3) is 0 Å². The molecule has 0 fully saturated rings. The summed E-state index contributed by atoms with van der Waals surface area (Å²) in [6.07, 6.45) is 0.524. The number of amides is 2. The van der Waals surface area contributed by atoms with Crippen molar-refractivity contribution in [3.05, 3.63) is 64.7 Å². The lowest BCUT2D eigenvalue weighted by Gasteiger charge is -2.10. The standard InChI is InChI=1S/C16H12ClFN4O3/c17-14-5-4-10(8-19-14)15(23)20-21-16(24)13-7-12(22-25-13)9-2-1-3-11(18)6-9/h1-6,8,13H,7H2,(H,20,23)(H,21,24)/t13-/m1/s1. The van der Waals surface area contributed by atoms with Gasteiger partial charge in [0.05, 0.1) is 11.3 Å². The molecule has 0 radical (unpaired) electrons. The molecule has 25 heavy (non-hydrogen) atoms. The first-order valence-corrected chi connectivity index (χ1v) is 7.61. The Morgan fingerprint density at radius 2 is 2.08 bits per heavy atom. The Morgan fingerprint density at radius 1 is 1.24 bits per heavy atom. The molecule has 1 aliphatic heterocycles. The monoisotopic (exact) mass is 362 g/mol. The number of nitrogens with one attached hydrogen (secondary N) is 2. The minimum atomic E-state index is -0.915. The Balaban J connectivity index is 1.53. The van der Waals surface area contributed by atoms with E-state index in [9.17, 15) is 14.0 Å². The van der Waals surface area contributed by atoms with E-state index in [1.165, 1.54) is 30.5 Å². The van der Waals surface area contributed by atoms with Crippen LogP contribution in [0.15, 0.2) is 47.8 Å². The first kappa shape index (κ1) is 16.8. The Bertz CT molecular complexity index is 842. The maximum absolute atomic E-state index is 13.2. The fourth-order valence-corrected chi connectivity index (χ4v) is 2.25. The number of oxime groups is 1. The molecule has 2 aromatic rings. The lowest BCUT2D eigenvalue weighted by atomic mass is 10.0. The van der Waals surface area contributed by atoms with E-state index in [0.717, 1.165) is 0 Å². The molecule has 0 aliphatic carbocycles. The van der Waals surface area contributed by atoms with Gasteiger partial charge in [-0.2, -0.15) is 0 Å². The van der Waals surface area contributed by atoms with Crippen LogP contribution in [0.2, 0.25) is 5.15 Å². The molecule has 1 aromatic carbocycles. The quantitative estimate of drug-likeness (QED) is 0.643. The van der Waals surface area contributed by atoms with E-state index < -0.39 is 23.7 Å². The number of rotatable bonds is 3. The van der Waals surface area contributed by atoms with Gasteiger partial charge in [0, 0.05) is 18.2 Å². The van der Waals surface area contributed by atoms with Crippen LogP contribution in [-0.4, -0.2) is 28.6 Å². The van der Waals surface area contributed by atoms with E-state index in [-0.39, 0.29) is 17.1 Å². The predicted octanol–water partition coefficient (Wildman–Crippen LogP) is 1.83. The lowest BCUT2D eigenvalue weighted by Crippen LogP contribution is -2.46. The molecule has 2 amide bonds. The zero-order valence-electron chi connectivity index (χ0n) is 12.7. The molecular weight excluding hydrogens is 351 g/mol. The van der Waals surface area contributed by atoms with Crippen LogP contribution >= 0.6 is 11.6 Å². The first-order chi connectivity index (χ1) is 12.0. The van der Waals surface area contributed by atoms with Crippen molar-refractivity contribution in [2.45, 2.75) is 12.5 Å². The Kier molecular flexibility index (Phi) is 4.90. The molecule has 0 saturated carbocycles. The Hall–Kier alpha value is -3.00. The van der Waals surface area contributed by atoms with Gasteiger partial charge >= 0.3 is 0 Å². The minimum Gasteiger partial charge on any atom is -0.382 e. The Morgan fingerprint density at radius 3 is 2.80 bits per heavy atom. The van der Waals surface area contributed by atoms with Crippen molar-refractivity contribution in [1.82, 2.24) is 15.8 Å². The largest absolute Gasteiger partial charge is 0.382 e. The lowest BCUT2D eigenvalue weighted by molar-refractivity contribution is -0.131. The van der Waals surface area contributed by atoms with Gasteiger partial charge in [-0.25, -0.2) is 9.37 Å². The van der Waals surface area contributed by atoms with Crippen LogP contribution in [0, 0.1) is 5.82 Å². The number of carbonyl (C=O) groups excluding carboxylic acids is 2. The van der Waals surface area contributed by atoms with Crippen molar-refractivity contribution in [3.63, 3.8) is 0 Å². The highest BCUT2D eigenvalue weighted by Crippen LogP contribution is 2.17. The smallest absolute Gasteiger partial charge is 0.282 e. The molecule has 0 bridgehead atoms. The highest BCUT2D eigenvalue weighted by atomic mass is 35.5. The zero-order chi connectivity index (χ0) is 17.8. The molecule has 0 unspecified atom stereocenters. The van der Waals surface area contributed by atoms with Gasteiger partial charge in [-0.1, -0.05) is 28.9 Å². The summed E-state index contributed by atoms with van der Waals surface area (Å²) in [5, 5.41) is 4.05. The summed E-state index contributed by atoms with van der Waals surface area (Å²) in [5.74, 6) is -1.54. The molecule has 0 spiro atoms. The summed E-state index contributed by atoms with van der Waals surface area (Å²) in [5.41, 5.74) is 5.71. The van der Waals surface area contributed by atoms with Crippen LogP contribution < -0.4 is 10.9 Å². The molecule has 2 heterocycles. The van der Waals surface area contributed by atoms with E-state index in [0.29, 0.717) is 11.3 Å². The SMILES string of the molecule is O=C(NNC(=O)[C@H]1CC(c2cccc(F)c2)=NO1)c1ccc(Cl)nc1.